The normalized spacial score (nSPS) is 10.3. The van der Waals surface area contributed by atoms with Crippen LogP contribution in [0.5, 0.6) is 5.75 Å². The third-order valence-electron chi connectivity index (χ3n) is 2.18. The maximum Gasteiger partial charge on any atom is 0.358 e. The summed E-state index contributed by atoms with van der Waals surface area (Å²) in [6.45, 7) is 4.01. The SMILES string of the molecule is CCC(CC)Oc1cccnc1C(=O)O. The quantitative estimate of drug-likeness (QED) is 0.808. The van der Waals surface area contributed by atoms with Gasteiger partial charge in [0, 0.05) is 6.20 Å². The van der Waals surface area contributed by atoms with E-state index in [0.717, 1.165) is 12.8 Å². The summed E-state index contributed by atoms with van der Waals surface area (Å²) < 4.78 is 5.56. The van der Waals surface area contributed by atoms with Gasteiger partial charge in [-0.1, -0.05) is 13.8 Å². The van der Waals surface area contributed by atoms with Crippen molar-refractivity contribution in [2.24, 2.45) is 0 Å². The summed E-state index contributed by atoms with van der Waals surface area (Å²) >= 11 is 0. The van der Waals surface area contributed by atoms with Crippen LogP contribution in [-0.4, -0.2) is 22.2 Å². The number of pyridine rings is 1. The van der Waals surface area contributed by atoms with Gasteiger partial charge in [0.05, 0.1) is 6.10 Å². The van der Waals surface area contributed by atoms with E-state index < -0.39 is 5.97 Å². The van der Waals surface area contributed by atoms with Crippen molar-refractivity contribution < 1.29 is 14.6 Å². The van der Waals surface area contributed by atoms with Crippen LogP contribution in [0.15, 0.2) is 18.3 Å². The van der Waals surface area contributed by atoms with E-state index in [1.165, 1.54) is 6.20 Å². The van der Waals surface area contributed by atoms with Crippen LogP contribution in [0, 0.1) is 0 Å². The first-order valence-electron chi connectivity index (χ1n) is 5.04. The molecule has 0 aliphatic rings. The van der Waals surface area contributed by atoms with Crippen molar-refractivity contribution in [2.45, 2.75) is 32.8 Å². The lowest BCUT2D eigenvalue weighted by Crippen LogP contribution is -2.16. The maximum atomic E-state index is 10.8. The Kier molecular flexibility index (Phi) is 4.09. The number of nitrogens with zero attached hydrogens (tertiary/aromatic N) is 1. The highest BCUT2D eigenvalue weighted by Gasteiger charge is 2.14. The number of hydrogen-bond acceptors (Lipinski definition) is 3. The molecule has 82 valence electrons. The molecule has 4 heteroatoms. The van der Waals surface area contributed by atoms with E-state index in [1.807, 2.05) is 13.8 Å². The Bertz CT molecular complexity index is 334. The minimum atomic E-state index is -1.06. The largest absolute Gasteiger partial charge is 0.488 e. The van der Waals surface area contributed by atoms with Gasteiger partial charge in [0.1, 0.15) is 0 Å². The van der Waals surface area contributed by atoms with Gasteiger partial charge in [0.25, 0.3) is 0 Å². The smallest absolute Gasteiger partial charge is 0.358 e. The van der Waals surface area contributed by atoms with Crippen LogP contribution in [0.4, 0.5) is 0 Å². The van der Waals surface area contributed by atoms with E-state index in [4.69, 9.17) is 9.84 Å². The summed E-state index contributed by atoms with van der Waals surface area (Å²) in [5.41, 5.74) is -0.0237. The molecule has 0 fully saturated rings. The third kappa shape index (κ3) is 2.94. The number of aromatic carboxylic acids is 1. The van der Waals surface area contributed by atoms with Crippen LogP contribution in [0.3, 0.4) is 0 Å². The average molecular weight is 209 g/mol. The van der Waals surface area contributed by atoms with Crippen LogP contribution in [0.1, 0.15) is 37.2 Å². The molecule has 0 saturated heterocycles. The van der Waals surface area contributed by atoms with E-state index in [1.54, 1.807) is 12.1 Å². The Morgan fingerprint density at radius 3 is 2.73 bits per heavy atom. The van der Waals surface area contributed by atoms with E-state index in [2.05, 4.69) is 4.98 Å². The summed E-state index contributed by atoms with van der Waals surface area (Å²) in [6, 6.07) is 3.30. The Morgan fingerprint density at radius 1 is 1.53 bits per heavy atom. The number of rotatable bonds is 5. The zero-order valence-corrected chi connectivity index (χ0v) is 8.93. The highest BCUT2D eigenvalue weighted by Crippen LogP contribution is 2.18. The first kappa shape index (κ1) is 11.5. The van der Waals surface area contributed by atoms with Crippen molar-refractivity contribution in [2.75, 3.05) is 0 Å². The van der Waals surface area contributed by atoms with Gasteiger partial charge in [-0.2, -0.15) is 0 Å². The predicted octanol–water partition coefficient (Wildman–Crippen LogP) is 2.35. The number of hydrogen-bond donors (Lipinski definition) is 1. The summed E-state index contributed by atoms with van der Waals surface area (Å²) in [6.07, 6.45) is 3.20. The van der Waals surface area contributed by atoms with Crippen LogP contribution in [0.25, 0.3) is 0 Å². The van der Waals surface area contributed by atoms with Crippen molar-refractivity contribution in [1.82, 2.24) is 4.98 Å². The topological polar surface area (TPSA) is 59.4 Å². The molecule has 1 heterocycles. The molecule has 1 aromatic heterocycles. The van der Waals surface area contributed by atoms with E-state index >= 15 is 0 Å². The molecule has 4 nitrogen and oxygen atoms in total. The van der Waals surface area contributed by atoms with Crippen molar-refractivity contribution >= 4 is 5.97 Å². The molecule has 0 atom stereocenters. The van der Waals surface area contributed by atoms with E-state index in [9.17, 15) is 4.79 Å². The molecule has 1 aromatic rings. The molecule has 1 N–H and O–H groups in total. The molecule has 0 spiro atoms. The van der Waals surface area contributed by atoms with Gasteiger partial charge in [0.2, 0.25) is 0 Å². The second-order valence-electron chi connectivity index (χ2n) is 3.21. The average Bonchev–Trinajstić information content (AvgIpc) is 2.26. The molecule has 0 aliphatic carbocycles. The van der Waals surface area contributed by atoms with Gasteiger partial charge in [-0.25, -0.2) is 9.78 Å². The maximum absolute atomic E-state index is 10.8. The number of ether oxygens (including phenoxy) is 1. The first-order valence-corrected chi connectivity index (χ1v) is 5.04. The number of carbonyl (C=O) groups is 1. The van der Waals surface area contributed by atoms with Crippen LogP contribution >= 0.6 is 0 Å². The van der Waals surface area contributed by atoms with Gasteiger partial charge in [-0.15, -0.1) is 0 Å². The second kappa shape index (κ2) is 5.34. The number of carboxylic acids is 1. The summed E-state index contributed by atoms with van der Waals surface area (Å²) in [5.74, 6) is -0.713. The highest BCUT2D eigenvalue weighted by atomic mass is 16.5. The Balaban J connectivity index is 2.88. The fraction of sp³-hybridized carbons (Fsp3) is 0.455. The van der Waals surface area contributed by atoms with Crippen LogP contribution in [-0.2, 0) is 0 Å². The van der Waals surface area contributed by atoms with Gasteiger partial charge in [0.15, 0.2) is 11.4 Å². The predicted molar refractivity (Wildman–Crippen MR) is 56.2 cm³/mol. The fourth-order valence-corrected chi connectivity index (χ4v) is 1.28. The van der Waals surface area contributed by atoms with Crippen molar-refractivity contribution in [3.8, 4) is 5.75 Å². The standard InChI is InChI=1S/C11H15NO3/c1-3-8(4-2)15-9-6-5-7-12-10(9)11(13)14/h5-8H,3-4H2,1-2H3,(H,13,14). The monoisotopic (exact) mass is 209 g/mol. The molecule has 0 bridgehead atoms. The minimum Gasteiger partial charge on any atom is -0.488 e. The summed E-state index contributed by atoms with van der Waals surface area (Å²) in [4.78, 5) is 14.6. The lowest BCUT2D eigenvalue weighted by atomic mass is 10.2. The molecule has 0 aliphatic heterocycles. The van der Waals surface area contributed by atoms with Gasteiger partial charge in [-0.05, 0) is 25.0 Å². The molecule has 15 heavy (non-hydrogen) atoms. The van der Waals surface area contributed by atoms with Crippen LogP contribution < -0.4 is 4.74 Å². The first-order chi connectivity index (χ1) is 7.19. The number of aromatic nitrogens is 1. The van der Waals surface area contributed by atoms with Gasteiger partial charge in [-0.3, -0.25) is 0 Å². The molecular weight excluding hydrogens is 194 g/mol. The molecular formula is C11H15NO3. The zero-order valence-electron chi connectivity index (χ0n) is 8.93. The van der Waals surface area contributed by atoms with Crippen molar-refractivity contribution in [3.63, 3.8) is 0 Å². The minimum absolute atomic E-state index is 0.0237. The Hall–Kier alpha value is -1.58. The zero-order chi connectivity index (χ0) is 11.3. The van der Waals surface area contributed by atoms with Crippen molar-refractivity contribution in [3.05, 3.63) is 24.0 Å². The van der Waals surface area contributed by atoms with E-state index in [0.29, 0.717) is 5.75 Å². The van der Waals surface area contributed by atoms with E-state index in [-0.39, 0.29) is 11.8 Å². The molecule has 0 saturated carbocycles. The highest BCUT2D eigenvalue weighted by molar-refractivity contribution is 5.88. The Labute approximate surface area is 88.9 Å². The Morgan fingerprint density at radius 2 is 2.20 bits per heavy atom. The number of carboxylic acid groups (broad SMARTS) is 1. The van der Waals surface area contributed by atoms with Crippen molar-refractivity contribution in [1.29, 1.82) is 0 Å². The summed E-state index contributed by atoms with van der Waals surface area (Å²) in [5, 5.41) is 8.88. The molecule has 0 radical (unpaired) electrons. The lowest BCUT2D eigenvalue weighted by Gasteiger charge is -2.16. The molecule has 0 aromatic carbocycles. The second-order valence-corrected chi connectivity index (χ2v) is 3.21. The van der Waals surface area contributed by atoms with Gasteiger partial charge < -0.3 is 9.84 Å². The lowest BCUT2D eigenvalue weighted by molar-refractivity contribution is 0.0681. The third-order valence-corrected chi connectivity index (χ3v) is 2.18. The van der Waals surface area contributed by atoms with Gasteiger partial charge >= 0.3 is 5.97 Å². The van der Waals surface area contributed by atoms with Crippen LogP contribution in [0.2, 0.25) is 0 Å². The molecule has 0 unspecified atom stereocenters. The summed E-state index contributed by atoms with van der Waals surface area (Å²) in [7, 11) is 0. The fourth-order valence-electron chi connectivity index (χ4n) is 1.28. The molecule has 0 amide bonds. The molecule has 1 rings (SSSR count).